The van der Waals surface area contributed by atoms with Gasteiger partial charge >= 0.3 is 0 Å². The van der Waals surface area contributed by atoms with Crippen molar-refractivity contribution in [1.82, 2.24) is 15.5 Å². The van der Waals surface area contributed by atoms with E-state index in [4.69, 9.17) is 9.73 Å². The van der Waals surface area contributed by atoms with Gasteiger partial charge in [-0.05, 0) is 38.9 Å². The van der Waals surface area contributed by atoms with E-state index in [0.29, 0.717) is 13.1 Å². The number of aliphatic imine (C=N–C) groups is 1. The lowest BCUT2D eigenvalue weighted by molar-refractivity contribution is 0.165. The van der Waals surface area contributed by atoms with Crippen LogP contribution in [0.3, 0.4) is 0 Å². The molecule has 1 unspecified atom stereocenters. The van der Waals surface area contributed by atoms with Crippen LogP contribution in [0.5, 0.6) is 5.75 Å². The maximum absolute atomic E-state index is 5.62. The highest BCUT2D eigenvalue weighted by atomic mass is 16.5. The molecular formula is C20H32N4O. The molecule has 1 atom stereocenters. The lowest BCUT2D eigenvalue weighted by Gasteiger charge is -2.34. The van der Waals surface area contributed by atoms with E-state index in [9.17, 15) is 0 Å². The maximum Gasteiger partial charge on any atom is 0.191 e. The van der Waals surface area contributed by atoms with E-state index >= 15 is 0 Å². The third-order valence-electron chi connectivity index (χ3n) is 4.51. The van der Waals surface area contributed by atoms with Crippen LogP contribution in [0, 0.1) is 0 Å². The number of likely N-dealkylation sites (tertiary alicyclic amines) is 1. The maximum atomic E-state index is 5.62. The number of nitrogens with zero attached hydrogens (tertiary/aromatic N) is 2. The van der Waals surface area contributed by atoms with Crippen LogP contribution in [0.1, 0.15) is 37.8 Å². The van der Waals surface area contributed by atoms with Crippen molar-refractivity contribution in [3.63, 3.8) is 0 Å². The number of rotatable bonds is 8. The van der Waals surface area contributed by atoms with Gasteiger partial charge in [-0.3, -0.25) is 9.89 Å². The quantitative estimate of drug-likeness (QED) is 0.432. The number of para-hydroxylation sites is 1. The Kier molecular flexibility index (Phi) is 8.32. The van der Waals surface area contributed by atoms with Gasteiger partial charge < -0.3 is 15.4 Å². The summed E-state index contributed by atoms with van der Waals surface area (Å²) in [7, 11) is 1.74. The van der Waals surface area contributed by atoms with Crippen molar-refractivity contribution >= 4 is 5.96 Å². The molecule has 1 saturated heterocycles. The van der Waals surface area contributed by atoms with Gasteiger partial charge in [0.25, 0.3) is 0 Å². The second-order valence-electron chi connectivity index (χ2n) is 6.24. The van der Waals surface area contributed by atoms with Crippen LogP contribution in [0.4, 0.5) is 0 Å². The Labute approximate surface area is 152 Å². The fraction of sp³-hybridized carbons (Fsp3) is 0.550. The Hall–Kier alpha value is -2.01. The molecule has 138 valence electrons. The minimum Gasteiger partial charge on any atom is -0.496 e. The zero-order chi connectivity index (χ0) is 17.9. The summed E-state index contributed by atoms with van der Waals surface area (Å²) in [5, 5.41) is 6.58. The lowest BCUT2D eigenvalue weighted by Crippen LogP contribution is -2.39. The third-order valence-corrected chi connectivity index (χ3v) is 4.51. The van der Waals surface area contributed by atoms with Crippen molar-refractivity contribution in [2.75, 3.05) is 39.8 Å². The first-order chi connectivity index (χ1) is 12.3. The van der Waals surface area contributed by atoms with Gasteiger partial charge in [0.1, 0.15) is 5.75 Å². The Morgan fingerprint density at radius 2 is 2.04 bits per heavy atom. The van der Waals surface area contributed by atoms with Gasteiger partial charge in [-0.1, -0.05) is 30.7 Å². The van der Waals surface area contributed by atoms with Gasteiger partial charge in [0.15, 0.2) is 5.96 Å². The summed E-state index contributed by atoms with van der Waals surface area (Å²) >= 11 is 0. The van der Waals surface area contributed by atoms with E-state index in [1.54, 1.807) is 7.11 Å². The zero-order valence-electron chi connectivity index (χ0n) is 15.6. The number of guanidine groups is 1. The molecule has 0 aliphatic carbocycles. The number of benzene rings is 1. The summed E-state index contributed by atoms with van der Waals surface area (Å²) in [6, 6.07) is 8.54. The average Bonchev–Trinajstić information content (AvgIpc) is 2.67. The van der Waals surface area contributed by atoms with Gasteiger partial charge in [-0.25, -0.2) is 0 Å². The normalized spacial score (nSPS) is 17.0. The first-order valence-corrected chi connectivity index (χ1v) is 9.30. The molecule has 0 amide bonds. The van der Waals surface area contributed by atoms with E-state index < -0.39 is 0 Å². The Morgan fingerprint density at radius 3 is 2.72 bits per heavy atom. The highest BCUT2D eigenvalue weighted by molar-refractivity contribution is 5.79. The van der Waals surface area contributed by atoms with Crippen LogP contribution in [0.25, 0.3) is 0 Å². The summed E-state index contributed by atoms with van der Waals surface area (Å²) in [5.74, 6) is 1.77. The highest BCUT2D eigenvalue weighted by Crippen LogP contribution is 2.31. The fourth-order valence-electron chi connectivity index (χ4n) is 3.27. The molecule has 5 heteroatoms. The molecule has 5 nitrogen and oxygen atoms in total. The van der Waals surface area contributed by atoms with E-state index in [0.717, 1.165) is 31.3 Å². The van der Waals surface area contributed by atoms with Crippen molar-refractivity contribution in [3.05, 3.63) is 42.5 Å². The number of hydrogen-bond acceptors (Lipinski definition) is 3. The molecule has 2 rings (SSSR count). The molecule has 25 heavy (non-hydrogen) atoms. The molecule has 0 aromatic heterocycles. The molecule has 1 aromatic rings. The first kappa shape index (κ1) is 19.3. The SMILES string of the molecule is C=CCNC(=NCC(c1ccccc1OC)N1CCCCC1)NCC. The number of ether oxygens (including phenoxy) is 1. The molecular weight excluding hydrogens is 312 g/mol. The standard InChI is InChI=1S/C20H32N4O/c1-4-13-22-20(21-5-2)23-16-18(24-14-9-6-10-15-24)17-11-7-8-12-19(17)25-3/h4,7-8,11-12,18H,1,5-6,9-10,13-16H2,2-3H3,(H2,21,22,23). The second-order valence-corrected chi connectivity index (χ2v) is 6.24. The fourth-order valence-corrected chi connectivity index (χ4v) is 3.27. The highest BCUT2D eigenvalue weighted by Gasteiger charge is 2.24. The lowest BCUT2D eigenvalue weighted by atomic mass is 10.0. The molecule has 1 heterocycles. The van der Waals surface area contributed by atoms with Crippen molar-refractivity contribution in [2.24, 2.45) is 4.99 Å². The average molecular weight is 345 g/mol. The summed E-state index contributed by atoms with van der Waals surface area (Å²) < 4.78 is 5.62. The largest absolute Gasteiger partial charge is 0.496 e. The van der Waals surface area contributed by atoms with Crippen molar-refractivity contribution in [2.45, 2.75) is 32.2 Å². The Morgan fingerprint density at radius 1 is 1.28 bits per heavy atom. The van der Waals surface area contributed by atoms with Gasteiger partial charge in [0.05, 0.1) is 19.7 Å². The van der Waals surface area contributed by atoms with E-state index in [-0.39, 0.29) is 6.04 Å². The first-order valence-electron chi connectivity index (χ1n) is 9.30. The van der Waals surface area contributed by atoms with Gasteiger partial charge in [-0.15, -0.1) is 6.58 Å². The van der Waals surface area contributed by atoms with E-state index in [1.807, 2.05) is 18.2 Å². The summed E-state index contributed by atoms with van der Waals surface area (Å²) in [5.41, 5.74) is 1.22. The van der Waals surface area contributed by atoms with Crippen LogP contribution >= 0.6 is 0 Å². The topological polar surface area (TPSA) is 48.9 Å². The molecule has 0 radical (unpaired) electrons. The zero-order valence-corrected chi connectivity index (χ0v) is 15.6. The number of hydrogen-bond donors (Lipinski definition) is 2. The Balaban J connectivity index is 2.22. The summed E-state index contributed by atoms with van der Waals surface area (Å²) in [4.78, 5) is 7.37. The number of methoxy groups -OCH3 is 1. The van der Waals surface area contributed by atoms with Gasteiger partial charge in [0, 0.05) is 18.7 Å². The Bertz CT molecular complexity index is 552. The summed E-state index contributed by atoms with van der Waals surface area (Å²) in [6.07, 6.45) is 5.67. The predicted octanol–water partition coefficient (Wildman–Crippen LogP) is 2.96. The second kappa shape index (κ2) is 10.8. The molecule has 0 spiro atoms. The van der Waals surface area contributed by atoms with Crippen LogP contribution < -0.4 is 15.4 Å². The van der Waals surface area contributed by atoms with Crippen molar-refractivity contribution < 1.29 is 4.74 Å². The molecule has 1 aliphatic rings. The minimum absolute atomic E-state index is 0.232. The third kappa shape index (κ3) is 5.78. The van der Waals surface area contributed by atoms with Crippen LogP contribution in [-0.2, 0) is 0 Å². The van der Waals surface area contributed by atoms with Crippen LogP contribution in [0.2, 0.25) is 0 Å². The smallest absolute Gasteiger partial charge is 0.191 e. The molecule has 1 fully saturated rings. The molecule has 0 bridgehead atoms. The van der Waals surface area contributed by atoms with Gasteiger partial charge in [-0.2, -0.15) is 0 Å². The molecule has 1 aliphatic heterocycles. The van der Waals surface area contributed by atoms with Gasteiger partial charge in [0.2, 0.25) is 0 Å². The summed E-state index contributed by atoms with van der Waals surface area (Å²) in [6.45, 7) is 10.3. The number of piperidine rings is 1. The molecule has 2 N–H and O–H groups in total. The van der Waals surface area contributed by atoms with Crippen LogP contribution in [-0.4, -0.2) is 50.7 Å². The minimum atomic E-state index is 0.232. The number of nitrogens with one attached hydrogen (secondary N) is 2. The van der Waals surface area contributed by atoms with Crippen molar-refractivity contribution in [3.8, 4) is 5.75 Å². The van der Waals surface area contributed by atoms with E-state index in [2.05, 4.69) is 41.2 Å². The molecule has 0 saturated carbocycles. The van der Waals surface area contributed by atoms with Crippen LogP contribution in [0.15, 0.2) is 41.9 Å². The molecule has 1 aromatic carbocycles. The monoisotopic (exact) mass is 344 g/mol. The van der Waals surface area contributed by atoms with Crippen molar-refractivity contribution in [1.29, 1.82) is 0 Å². The van der Waals surface area contributed by atoms with E-state index in [1.165, 1.54) is 24.8 Å². The predicted molar refractivity (Wildman–Crippen MR) is 105 cm³/mol.